The lowest BCUT2D eigenvalue weighted by molar-refractivity contribution is -0.127. The zero-order valence-corrected chi connectivity index (χ0v) is 6.51. The van der Waals surface area contributed by atoms with Crippen molar-refractivity contribution in [2.24, 2.45) is 17.1 Å². The molecule has 0 radical (unpaired) electrons. The minimum atomic E-state index is -0.714. The maximum absolute atomic E-state index is 10.7. The van der Waals surface area contributed by atoms with Crippen LogP contribution < -0.4 is 5.73 Å². The SMILES string of the molecule is CC(C#N)C(C)(C)C(N)=O. The third-order valence-corrected chi connectivity index (χ3v) is 1.91. The molecule has 56 valence electrons. The molecule has 3 heteroatoms. The van der Waals surface area contributed by atoms with Crippen LogP contribution in [0.5, 0.6) is 0 Å². The van der Waals surface area contributed by atoms with Gasteiger partial charge in [-0.15, -0.1) is 0 Å². The number of nitrogens with zero attached hydrogens (tertiary/aromatic N) is 1. The maximum Gasteiger partial charge on any atom is 0.224 e. The van der Waals surface area contributed by atoms with Gasteiger partial charge in [0.2, 0.25) is 5.91 Å². The van der Waals surface area contributed by atoms with E-state index in [0.717, 1.165) is 0 Å². The summed E-state index contributed by atoms with van der Waals surface area (Å²) >= 11 is 0. The van der Waals surface area contributed by atoms with E-state index in [-0.39, 0.29) is 5.92 Å². The van der Waals surface area contributed by atoms with Crippen molar-refractivity contribution in [3.8, 4) is 6.07 Å². The molecule has 0 bridgehead atoms. The van der Waals surface area contributed by atoms with Crippen LogP contribution >= 0.6 is 0 Å². The predicted octanol–water partition coefficient (Wildman–Crippen LogP) is 0.658. The molecule has 0 rings (SSSR count). The first-order chi connectivity index (χ1) is 4.42. The van der Waals surface area contributed by atoms with Crippen LogP contribution in [-0.2, 0) is 4.79 Å². The van der Waals surface area contributed by atoms with Gasteiger partial charge in [0, 0.05) is 0 Å². The summed E-state index contributed by atoms with van der Waals surface area (Å²) < 4.78 is 0. The monoisotopic (exact) mass is 140 g/mol. The van der Waals surface area contributed by atoms with Gasteiger partial charge in [-0.1, -0.05) is 0 Å². The quantitative estimate of drug-likeness (QED) is 0.612. The van der Waals surface area contributed by atoms with Crippen molar-refractivity contribution in [2.45, 2.75) is 20.8 Å². The Kier molecular flexibility index (Phi) is 2.42. The van der Waals surface area contributed by atoms with E-state index in [1.807, 2.05) is 6.07 Å². The minimum Gasteiger partial charge on any atom is -0.369 e. The second-order valence-corrected chi connectivity index (χ2v) is 2.94. The number of hydrogen-bond acceptors (Lipinski definition) is 2. The minimum absolute atomic E-state index is 0.329. The molecule has 0 aliphatic heterocycles. The van der Waals surface area contributed by atoms with Gasteiger partial charge in [-0.25, -0.2) is 0 Å². The molecule has 3 nitrogen and oxygen atoms in total. The first kappa shape index (κ1) is 8.96. The lowest BCUT2D eigenvalue weighted by atomic mass is 9.80. The smallest absolute Gasteiger partial charge is 0.224 e. The van der Waals surface area contributed by atoms with Crippen LogP contribution in [0.15, 0.2) is 0 Å². The van der Waals surface area contributed by atoms with E-state index in [1.165, 1.54) is 0 Å². The fourth-order valence-electron chi connectivity index (χ4n) is 0.375. The van der Waals surface area contributed by atoms with Gasteiger partial charge in [0.05, 0.1) is 17.4 Å². The van der Waals surface area contributed by atoms with Gasteiger partial charge in [-0.05, 0) is 20.8 Å². The molecule has 0 heterocycles. The summed E-state index contributed by atoms with van der Waals surface area (Å²) in [6.45, 7) is 5.03. The first-order valence-electron chi connectivity index (χ1n) is 3.12. The molecule has 0 aliphatic carbocycles. The highest BCUT2D eigenvalue weighted by atomic mass is 16.1. The van der Waals surface area contributed by atoms with Crippen LogP contribution in [0.25, 0.3) is 0 Å². The van der Waals surface area contributed by atoms with E-state index in [0.29, 0.717) is 0 Å². The van der Waals surface area contributed by atoms with E-state index in [1.54, 1.807) is 20.8 Å². The van der Waals surface area contributed by atoms with Gasteiger partial charge in [-0.3, -0.25) is 4.79 Å². The van der Waals surface area contributed by atoms with Crippen molar-refractivity contribution in [1.29, 1.82) is 5.26 Å². The highest BCUT2D eigenvalue weighted by Gasteiger charge is 2.31. The third kappa shape index (κ3) is 1.47. The van der Waals surface area contributed by atoms with Gasteiger partial charge in [0.15, 0.2) is 0 Å². The Morgan fingerprint density at radius 3 is 2.20 bits per heavy atom. The largest absolute Gasteiger partial charge is 0.369 e. The molecule has 0 fully saturated rings. The molecule has 0 aliphatic rings. The Balaban J connectivity index is 4.43. The number of hydrogen-bond donors (Lipinski definition) is 1. The second-order valence-electron chi connectivity index (χ2n) is 2.94. The highest BCUT2D eigenvalue weighted by Crippen LogP contribution is 2.24. The molecular formula is C7H12N2O. The van der Waals surface area contributed by atoms with Crippen LogP contribution in [-0.4, -0.2) is 5.91 Å². The van der Waals surface area contributed by atoms with Crippen LogP contribution in [0.4, 0.5) is 0 Å². The second kappa shape index (κ2) is 2.70. The van der Waals surface area contributed by atoms with Gasteiger partial charge in [0.1, 0.15) is 0 Å². The summed E-state index contributed by atoms with van der Waals surface area (Å²) in [5.41, 5.74) is 4.34. The lowest BCUT2D eigenvalue weighted by Crippen LogP contribution is -2.36. The zero-order valence-electron chi connectivity index (χ0n) is 6.51. The van der Waals surface area contributed by atoms with Crippen molar-refractivity contribution in [3.05, 3.63) is 0 Å². The topological polar surface area (TPSA) is 66.9 Å². The molecule has 0 saturated heterocycles. The standard InChI is InChI=1S/C7H12N2O/c1-5(4-8)7(2,3)6(9)10/h5H,1-3H3,(H2,9,10). The molecule has 0 spiro atoms. The predicted molar refractivity (Wildman–Crippen MR) is 37.8 cm³/mol. The molecule has 10 heavy (non-hydrogen) atoms. The number of primary amides is 1. The van der Waals surface area contributed by atoms with Crippen LogP contribution in [0.2, 0.25) is 0 Å². The fraction of sp³-hybridized carbons (Fsp3) is 0.714. The van der Waals surface area contributed by atoms with E-state index in [4.69, 9.17) is 11.0 Å². The first-order valence-corrected chi connectivity index (χ1v) is 3.12. The van der Waals surface area contributed by atoms with Crippen molar-refractivity contribution < 1.29 is 4.79 Å². The molecule has 1 amide bonds. The summed E-state index contributed by atoms with van der Waals surface area (Å²) in [6.07, 6.45) is 0. The van der Waals surface area contributed by atoms with Gasteiger partial charge < -0.3 is 5.73 Å². The van der Waals surface area contributed by atoms with Crippen molar-refractivity contribution in [2.75, 3.05) is 0 Å². The number of nitrogens with two attached hydrogens (primary N) is 1. The summed E-state index contributed by atoms with van der Waals surface area (Å²) in [4.78, 5) is 10.7. The Hall–Kier alpha value is -1.04. The molecule has 0 aromatic heterocycles. The Labute approximate surface area is 60.8 Å². The third-order valence-electron chi connectivity index (χ3n) is 1.91. The normalized spacial score (nSPS) is 13.8. The van der Waals surface area contributed by atoms with Crippen LogP contribution in [0.1, 0.15) is 20.8 Å². The van der Waals surface area contributed by atoms with Crippen molar-refractivity contribution in [1.82, 2.24) is 0 Å². The van der Waals surface area contributed by atoms with E-state index in [9.17, 15) is 4.79 Å². The summed E-state index contributed by atoms with van der Waals surface area (Å²) in [7, 11) is 0. The average Bonchev–Trinajstić information content (AvgIpc) is 1.86. The molecule has 0 aromatic carbocycles. The average molecular weight is 140 g/mol. The van der Waals surface area contributed by atoms with Gasteiger partial charge in [0.25, 0.3) is 0 Å². The highest BCUT2D eigenvalue weighted by molar-refractivity contribution is 5.80. The van der Waals surface area contributed by atoms with E-state index in [2.05, 4.69) is 0 Å². The van der Waals surface area contributed by atoms with E-state index >= 15 is 0 Å². The summed E-state index contributed by atoms with van der Waals surface area (Å²) in [5.74, 6) is -0.758. The van der Waals surface area contributed by atoms with Gasteiger partial charge in [-0.2, -0.15) is 5.26 Å². The number of nitriles is 1. The molecule has 1 unspecified atom stereocenters. The number of carbonyl (C=O) groups excluding carboxylic acids is 1. The Morgan fingerprint density at radius 2 is 2.10 bits per heavy atom. The van der Waals surface area contributed by atoms with Crippen LogP contribution in [0, 0.1) is 22.7 Å². The molecule has 2 N–H and O–H groups in total. The summed E-state index contributed by atoms with van der Waals surface area (Å²) in [6, 6.07) is 1.99. The zero-order chi connectivity index (χ0) is 8.36. The molecule has 0 aromatic rings. The number of amides is 1. The molecule has 1 atom stereocenters. The Bertz CT molecular complexity index is 179. The number of rotatable bonds is 2. The van der Waals surface area contributed by atoms with Gasteiger partial charge >= 0.3 is 0 Å². The lowest BCUT2D eigenvalue weighted by Gasteiger charge is -2.22. The van der Waals surface area contributed by atoms with Crippen LogP contribution in [0.3, 0.4) is 0 Å². The van der Waals surface area contributed by atoms with E-state index < -0.39 is 11.3 Å². The maximum atomic E-state index is 10.7. The number of carbonyl (C=O) groups is 1. The van der Waals surface area contributed by atoms with Crippen molar-refractivity contribution in [3.63, 3.8) is 0 Å². The fourth-order valence-corrected chi connectivity index (χ4v) is 0.375. The summed E-state index contributed by atoms with van der Waals surface area (Å²) in [5, 5.41) is 8.46. The Morgan fingerprint density at radius 1 is 1.70 bits per heavy atom. The molecular weight excluding hydrogens is 128 g/mol. The van der Waals surface area contributed by atoms with Crippen molar-refractivity contribution >= 4 is 5.91 Å². The molecule has 0 saturated carbocycles.